The summed E-state index contributed by atoms with van der Waals surface area (Å²) in [5.41, 5.74) is 6.31. The molecule has 0 fully saturated rings. The lowest BCUT2D eigenvalue weighted by molar-refractivity contribution is 0.0973. The Labute approximate surface area is 155 Å². The van der Waals surface area contributed by atoms with E-state index in [1.54, 1.807) is 7.11 Å². The molecule has 2 heteroatoms. The van der Waals surface area contributed by atoms with E-state index >= 15 is 0 Å². The molecule has 3 aromatic rings. The van der Waals surface area contributed by atoms with E-state index < -0.39 is 0 Å². The molecule has 0 heterocycles. The third kappa shape index (κ3) is 3.55. The van der Waals surface area contributed by atoms with E-state index in [0.29, 0.717) is 0 Å². The van der Waals surface area contributed by atoms with Crippen LogP contribution in [0.5, 0.6) is 5.75 Å². The molecule has 2 nitrogen and oxygen atoms in total. The fraction of sp³-hybridized carbons (Fsp3) is 0.208. The van der Waals surface area contributed by atoms with Gasteiger partial charge in [0.2, 0.25) is 0 Å². The predicted octanol–water partition coefficient (Wildman–Crippen LogP) is 5.64. The standard InChI is InChI=1S/C24H24O2/c1-16-14-17(2)22(18(3)15-16)23(19-10-12-21(26-4)13-11-19)24(25)20-8-6-5-7-9-20/h5-15,23H,1-4H3. The van der Waals surface area contributed by atoms with Crippen LogP contribution in [0.25, 0.3) is 0 Å². The minimum atomic E-state index is -0.330. The highest BCUT2D eigenvalue weighted by Crippen LogP contribution is 2.34. The molecule has 0 amide bonds. The highest BCUT2D eigenvalue weighted by molar-refractivity contribution is 6.03. The number of methoxy groups -OCH3 is 1. The second-order valence-electron chi connectivity index (χ2n) is 6.75. The number of carbonyl (C=O) groups excluding carboxylic acids is 1. The molecule has 0 aliphatic heterocycles. The van der Waals surface area contributed by atoms with Crippen molar-refractivity contribution in [2.45, 2.75) is 26.7 Å². The molecule has 26 heavy (non-hydrogen) atoms. The first-order valence-corrected chi connectivity index (χ1v) is 8.82. The van der Waals surface area contributed by atoms with E-state index in [-0.39, 0.29) is 11.7 Å². The number of ketones is 1. The van der Waals surface area contributed by atoms with Crippen LogP contribution in [0.2, 0.25) is 0 Å². The molecule has 0 saturated heterocycles. The first-order valence-electron chi connectivity index (χ1n) is 8.82. The van der Waals surface area contributed by atoms with Crippen LogP contribution in [-0.4, -0.2) is 12.9 Å². The average Bonchev–Trinajstić information content (AvgIpc) is 2.65. The molecule has 3 rings (SSSR count). The lowest BCUT2D eigenvalue weighted by atomic mass is 9.80. The summed E-state index contributed by atoms with van der Waals surface area (Å²) in [7, 11) is 1.65. The monoisotopic (exact) mass is 344 g/mol. The van der Waals surface area contributed by atoms with Crippen LogP contribution < -0.4 is 4.74 Å². The van der Waals surface area contributed by atoms with E-state index in [0.717, 1.165) is 33.6 Å². The summed E-state index contributed by atoms with van der Waals surface area (Å²) in [5.74, 6) is 0.576. The zero-order valence-corrected chi connectivity index (χ0v) is 15.7. The van der Waals surface area contributed by atoms with Crippen LogP contribution in [0.15, 0.2) is 66.7 Å². The molecule has 3 aromatic carbocycles. The van der Waals surface area contributed by atoms with Crippen molar-refractivity contribution in [1.29, 1.82) is 0 Å². The van der Waals surface area contributed by atoms with Crippen molar-refractivity contribution in [1.82, 2.24) is 0 Å². The summed E-state index contributed by atoms with van der Waals surface area (Å²) in [5, 5.41) is 0. The largest absolute Gasteiger partial charge is 0.497 e. The van der Waals surface area contributed by atoms with Crippen molar-refractivity contribution in [2.75, 3.05) is 7.11 Å². The van der Waals surface area contributed by atoms with Gasteiger partial charge in [-0.15, -0.1) is 0 Å². The van der Waals surface area contributed by atoms with Gasteiger partial charge >= 0.3 is 0 Å². The van der Waals surface area contributed by atoms with Gasteiger partial charge in [-0.05, 0) is 55.2 Å². The second kappa shape index (κ2) is 7.57. The third-order valence-corrected chi connectivity index (χ3v) is 4.80. The lowest BCUT2D eigenvalue weighted by Gasteiger charge is -2.22. The molecule has 0 aliphatic carbocycles. The molecular formula is C24H24O2. The number of hydrogen-bond acceptors (Lipinski definition) is 2. The normalized spacial score (nSPS) is 11.8. The maximum atomic E-state index is 13.5. The van der Waals surface area contributed by atoms with E-state index in [2.05, 4.69) is 32.9 Å². The van der Waals surface area contributed by atoms with Gasteiger partial charge in [-0.25, -0.2) is 0 Å². The Morgan fingerprint density at radius 2 is 1.42 bits per heavy atom. The predicted molar refractivity (Wildman–Crippen MR) is 106 cm³/mol. The Balaban J connectivity index is 2.17. The number of hydrogen-bond donors (Lipinski definition) is 0. The van der Waals surface area contributed by atoms with Crippen molar-refractivity contribution in [3.63, 3.8) is 0 Å². The van der Waals surface area contributed by atoms with Crippen molar-refractivity contribution in [3.8, 4) is 5.75 Å². The molecule has 0 radical (unpaired) electrons. The van der Waals surface area contributed by atoms with Gasteiger partial charge in [0.1, 0.15) is 5.75 Å². The maximum absolute atomic E-state index is 13.5. The fourth-order valence-electron chi connectivity index (χ4n) is 3.66. The summed E-state index contributed by atoms with van der Waals surface area (Å²) < 4.78 is 5.28. The van der Waals surface area contributed by atoms with Gasteiger partial charge in [0.15, 0.2) is 5.78 Å². The second-order valence-corrected chi connectivity index (χ2v) is 6.75. The fourth-order valence-corrected chi connectivity index (χ4v) is 3.66. The van der Waals surface area contributed by atoms with Gasteiger partial charge in [-0.3, -0.25) is 4.79 Å². The average molecular weight is 344 g/mol. The molecular weight excluding hydrogens is 320 g/mol. The van der Waals surface area contributed by atoms with Crippen LogP contribution in [0.3, 0.4) is 0 Å². The van der Waals surface area contributed by atoms with Crippen LogP contribution >= 0.6 is 0 Å². The van der Waals surface area contributed by atoms with Gasteiger partial charge in [-0.1, -0.05) is 60.2 Å². The van der Waals surface area contributed by atoms with Gasteiger partial charge in [0.05, 0.1) is 13.0 Å². The Hall–Kier alpha value is -2.87. The quantitative estimate of drug-likeness (QED) is 0.560. The Bertz CT molecular complexity index is 886. The number of Topliss-reactive ketones (excluding diaryl/α,β-unsaturated/α-hetero) is 1. The lowest BCUT2D eigenvalue weighted by Crippen LogP contribution is -2.17. The van der Waals surface area contributed by atoms with Crippen LogP contribution in [0, 0.1) is 20.8 Å². The van der Waals surface area contributed by atoms with E-state index in [1.807, 2.05) is 54.6 Å². The summed E-state index contributed by atoms with van der Waals surface area (Å²) in [6.45, 7) is 6.26. The zero-order chi connectivity index (χ0) is 18.7. The van der Waals surface area contributed by atoms with Crippen LogP contribution in [-0.2, 0) is 0 Å². The molecule has 1 atom stereocenters. The van der Waals surface area contributed by atoms with E-state index in [4.69, 9.17) is 4.74 Å². The molecule has 0 spiro atoms. The summed E-state index contributed by atoms with van der Waals surface area (Å²) in [6, 6.07) is 21.6. The van der Waals surface area contributed by atoms with E-state index in [1.165, 1.54) is 5.56 Å². The van der Waals surface area contributed by atoms with Gasteiger partial charge in [0, 0.05) is 5.56 Å². The smallest absolute Gasteiger partial charge is 0.174 e. The first-order chi connectivity index (χ1) is 12.5. The number of ether oxygens (including phenoxy) is 1. The molecule has 132 valence electrons. The topological polar surface area (TPSA) is 26.3 Å². The Kier molecular flexibility index (Phi) is 5.22. The van der Waals surface area contributed by atoms with Gasteiger partial charge < -0.3 is 4.74 Å². The number of rotatable bonds is 5. The van der Waals surface area contributed by atoms with Crippen molar-refractivity contribution >= 4 is 5.78 Å². The van der Waals surface area contributed by atoms with E-state index in [9.17, 15) is 4.79 Å². The Morgan fingerprint density at radius 1 is 0.846 bits per heavy atom. The molecule has 0 N–H and O–H groups in total. The van der Waals surface area contributed by atoms with Gasteiger partial charge in [0.25, 0.3) is 0 Å². The minimum absolute atomic E-state index is 0.116. The summed E-state index contributed by atoms with van der Waals surface area (Å²) in [6.07, 6.45) is 0. The van der Waals surface area contributed by atoms with Crippen molar-refractivity contribution in [3.05, 3.63) is 100 Å². The Morgan fingerprint density at radius 3 is 1.96 bits per heavy atom. The van der Waals surface area contributed by atoms with Crippen LogP contribution in [0.4, 0.5) is 0 Å². The SMILES string of the molecule is COc1ccc(C(C(=O)c2ccccc2)c2c(C)cc(C)cc2C)cc1. The summed E-state index contributed by atoms with van der Waals surface area (Å²) >= 11 is 0. The minimum Gasteiger partial charge on any atom is -0.497 e. The first kappa shape index (κ1) is 17.9. The summed E-state index contributed by atoms with van der Waals surface area (Å²) in [4.78, 5) is 13.5. The molecule has 0 aliphatic rings. The highest BCUT2D eigenvalue weighted by Gasteiger charge is 2.27. The molecule has 1 unspecified atom stereocenters. The highest BCUT2D eigenvalue weighted by atomic mass is 16.5. The maximum Gasteiger partial charge on any atom is 0.174 e. The number of aryl methyl sites for hydroxylation is 3. The zero-order valence-electron chi connectivity index (χ0n) is 15.7. The van der Waals surface area contributed by atoms with Crippen molar-refractivity contribution < 1.29 is 9.53 Å². The van der Waals surface area contributed by atoms with Crippen LogP contribution in [0.1, 0.15) is 44.1 Å². The molecule has 0 saturated carbocycles. The number of benzene rings is 3. The third-order valence-electron chi connectivity index (χ3n) is 4.80. The van der Waals surface area contributed by atoms with Gasteiger partial charge in [-0.2, -0.15) is 0 Å². The molecule has 0 aromatic heterocycles. The molecule has 0 bridgehead atoms. The van der Waals surface area contributed by atoms with Crippen molar-refractivity contribution in [2.24, 2.45) is 0 Å². The number of carbonyl (C=O) groups is 1.